The van der Waals surface area contributed by atoms with E-state index in [-0.39, 0.29) is 0 Å². The molecule has 0 aromatic rings. The van der Waals surface area contributed by atoms with Crippen LogP contribution in [0.2, 0.25) is 0 Å². The van der Waals surface area contributed by atoms with Gasteiger partial charge in [-0.15, -0.1) is 0 Å². The Morgan fingerprint density at radius 3 is 3.00 bits per heavy atom. The zero-order chi connectivity index (χ0) is 7.84. The van der Waals surface area contributed by atoms with Gasteiger partial charge in [-0.25, -0.2) is 0 Å². The zero-order valence-electron chi connectivity index (χ0n) is 6.95. The molecule has 0 aromatic carbocycles. The summed E-state index contributed by atoms with van der Waals surface area (Å²) >= 11 is 0. The number of nitrogens with zero attached hydrogens (tertiary/aromatic N) is 2. The summed E-state index contributed by atoms with van der Waals surface area (Å²) in [5.41, 5.74) is 0. The van der Waals surface area contributed by atoms with Crippen LogP contribution in [0.1, 0.15) is 19.3 Å². The first kappa shape index (κ1) is 7.12. The Labute approximate surface area is 67.8 Å². The van der Waals surface area contributed by atoms with Crippen LogP contribution in [0.25, 0.3) is 0 Å². The van der Waals surface area contributed by atoms with E-state index >= 15 is 0 Å². The first-order valence-corrected chi connectivity index (χ1v) is 4.41. The molecule has 1 saturated heterocycles. The van der Waals surface area contributed by atoms with Crippen LogP contribution in [-0.2, 0) is 0 Å². The molecular weight excluding hydrogens is 136 g/mol. The molecule has 11 heavy (non-hydrogen) atoms. The van der Waals surface area contributed by atoms with Crippen molar-refractivity contribution in [3.8, 4) is 6.07 Å². The number of likely N-dealkylation sites (tertiary alicyclic amines) is 1. The minimum Gasteiger partial charge on any atom is -0.303 e. The SMILES string of the molecule is CN1C[C@@H]2C[C@H]1CC[C@H]2C#N. The lowest BCUT2D eigenvalue weighted by Gasteiger charge is -2.23. The summed E-state index contributed by atoms with van der Waals surface area (Å²) in [6.07, 6.45) is 3.65. The predicted molar refractivity (Wildman–Crippen MR) is 42.9 cm³/mol. The van der Waals surface area contributed by atoms with Crippen molar-refractivity contribution in [2.75, 3.05) is 13.6 Å². The second-order valence-electron chi connectivity index (χ2n) is 3.90. The largest absolute Gasteiger partial charge is 0.303 e. The Balaban J connectivity index is 2.10. The van der Waals surface area contributed by atoms with Gasteiger partial charge in [-0.1, -0.05) is 0 Å². The van der Waals surface area contributed by atoms with Crippen LogP contribution in [0.5, 0.6) is 0 Å². The van der Waals surface area contributed by atoms with E-state index in [9.17, 15) is 0 Å². The summed E-state index contributed by atoms with van der Waals surface area (Å²) in [5, 5.41) is 8.83. The van der Waals surface area contributed by atoms with E-state index < -0.39 is 0 Å². The molecule has 0 amide bonds. The van der Waals surface area contributed by atoms with Crippen LogP contribution in [0.3, 0.4) is 0 Å². The summed E-state index contributed by atoms with van der Waals surface area (Å²) in [4.78, 5) is 2.42. The molecule has 60 valence electrons. The van der Waals surface area contributed by atoms with Gasteiger partial charge in [0.05, 0.1) is 12.0 Å². The maximum atomic E-state index is 8.83. The van der Waals surface area contributed by atoms with Gasteiger partial charge in [0.1, 0.15) is 0 Å². The lowest BCUT2D eigenvalue weighted by atomic mass is 9.81. The molecule has 2 heteroatoms. The second kappa shape index (κ2) is 2.49. The quantitative estimate of drug-likeness (QED) is 0.519. The second-order valence-corrected chi connectivity index (χ2v) is 3.90. The highest BCUT2D eigenvalue weighted by Gasteiger charge is 2.38. The molecule has 1 aliphatic heterocycles. The molecule has 0 unspecified atom stereocenters. The fourth-order valence-electron chi connectivity index (χ4n) is 2.53. The van der Waals surface area contributed by atoms with Gasteiger partial charge < -0.3 is 4.90 Å². The molecule has 0 spiro atoms. The molecule has 2 nitrogen and oxygen atoms in total. The molecule has 2 aliphatic rings. The lowest BCUT2D eigenvalue weighted by molar-refractivity contribution is 0.285. The monoisotopic (exact) mass is 150 g/mol. The number of nitriles is 1. The normalized spacial score (nSPS) is 43.8. The molecular formula is C9H14N2. The molecule has 0 radical (unpaired) electrons. The highest BCUT2D eigenvalue weighted by atomic mass is 15.2. The topological polar surface area (TPSA) is 27.0 Å². The third-order valence-electron chi connectivity index (χ3n) is 3.27. The molecule has 2 rings (SSSR count). The Kier molecular flexibility index (Phi) is 1.61. The van der Waals surface area contributed by atoms with Gasteiger partial charge in [0.15, 0.2) is 0 Å². The van der Waals surface area contributed by atoms with Gasteiger partial charge in [0.2, 0.25) is 0 Å². The van der Waals surface area contributed by atoms with E-state index in [4.69, 9.17) is 5.26 Å². The summed E-state index contributed by atoms with van der Waals surface area (Å²) in [6, 6.07) is 3.22. The zero-order valence-corrected chi connectivity index (χ0v) is 6.95. The smallest absolute Gasteiger partial charge is 0.0659 e. The minimum absolute atomic E-state index is 0.358. The Morgan fingerprint density at radius 2 is 2.27 bits per heavy atom. The van der Waals surface area contributed by atoms with E-state index in [2.05, 4.69) is 18.0 Å². The Hall–Kier alpha value is -0.550. The molecule has 0 N–H and O–H groups in total. The van der Waals surface area contributed by atoms with Gasteiger partial charge >= 0.3 is 0 Å². The van der Waals surface area contributed by atoms with Crippen molar-refractivity contribution in [3.63, 3.8) is 0 Å². The Morgan fingerprint density at radius 1 is 1.45 bits per heavy atom. The predicted octanol–water partition coefficient (Wildman–Crippen LogP) is 1.24. The van der Waals surface area contributed by atoms with E-state index in [0.29, 0.717) is 11.8 Å². The van der Waals surface area contributed by atoms with Crippen LogP contribution in [0.4, 0.5) is 0 Å². The Bertz CT molecular complexity index is 192. The summed E-state index contributed by atoms with van der Waals surface area (Å²) in [5.74, 6) is 1.04. The molecule has 2 bridgehead atoms. The van der Waals surface area contributed by atoms with Crippen molar-refractivity contribution in [2.24, 2.45) is 11.8 Å². The third kappa shape index (κ3) is 1.04. The standard InChI is InChI=1S/C9H14N2/c1-11-6-8-4-9(11)3-2-7(8)5-10/h7-9H,2-4,6H2,1H3/t7-,8-,9+/m0/s1. The number of hydrogen-bond donors (Lipinski definition) is 0. The molecule has 1 saturated carbocycles. The van der Waals surface area contributed by atoms with Crippen molar-refractivity contribution in [3.05, 3.63) is 0 Å². The summed E-state index contributed by atoms with van der Waals surface area (Å²) in [6.45, 7) is 1.16. The van der Waals surface area contributed by atoms with E-state index in [1.54, 1.807) is 0 Å². The van der Waals surface area contributed by atoms with Gasteiger partial charge in [0, 0.05) is 12.6 Å². The van der Waals surface area contributed by atoms with Crippen molar-refractivity contribution in [1.29, 1.82) is 5.26 Å². The van der Waals surface area contributed by atoms with E-state index in [0.717, 1.165) is 19.0 Å². The van der Waals surface area contributed by atoms with Crippen molar-refractivity contribution in [2.45, 2.75) is 25.3 Å². The average Bonchev–Trinajstić information content (AvgIpc) is 2.30. The van der Waals surface area contributed by atoms with E-state index in [1.807, 2.05) is 0 Å². The average molecular weight is 150 g/mol. The van der Waals surface area contributed by atoms with Crippen molar-refractivity contribution >= 4 is 0 Å². The number of rotatable bonds is 0. The number of hydrogen-bond acceptors (Lipinski definition) is 2. The van der Waals surface area contributed by atoms with Gasteiger partial charge in [-0.3, -0.25) is 0 Å². The van der Waals surface area contributed by atoms with Gasteiger partial charge in [-0.05, 0) is 32.2 Å². The maximum absolute atomic E-state index is 8.83. The first-order chi connectivity index (χ1) is 5.31. The lowest BCUT2D eigenvalue weighted by Crippen LogP contribution is -2.24. The maximum Gasteiger partial charge on any atom is 0.0659 e. The molecule has 0 aromatic heterocycles. The van der Waals surface area contributed by atoms with Crippen LogP contribution >= 0.6 is 0 Å². The summed E-state index contributed by atoms with van der Waals surface area (Å²) < 4.78 is 0. The minimum atomic E-state index is 0.358. The fourth-order valence-corrected chi connectivity index (χ4v) is 2.53. The van der Waals surface area contributed by atoms with Gasteiger partial charge in [0.25, 0.3) is 0 Å². The van der Waals surface area contributed by atoms with Gasteiger partial charge in [-0.2, -0.15) is 5.26 Å². The highest BCUT2D eigenvalue weighted by Crippen LogP contribution is 2.37. The molecule has 1 aliphatic carbocycles. The van der Waals surface area contributed by atoms with Crippen LogP contribution in [-0.4, -0.2) is 24.5 Å². The van der Waals surface area contributed by atoms with Crippen LogP contribution in [0, 0.1) is 23.2 Å². The molecule has 2 fully saturated rings. The first-order valence-electron chi connectivity index (χ1n) is 4.41. The fraction of sp³-hybridized carbons (Fsp3) is 0.889. The molecule has 1 heterocycles. The van der Waals surface area contributed by atoms with Crippen LogP contribution < -0.4 is 0 Å². The van der Waals surface area contributed by atoms with Crippen LogP contribution in [0.15, 0.2) is 0 Å². The van der Waals surface area contributed by atoms with Crippen molar-refractivity contribution < 1.29 is 0 Å². The summed E-state index contributed by atoms with van der Waals surface area (Å²) in [7, 11) is 2.18. The highest BCUT2D eigenvalue weighted by molar-refractivity contribution is 4.99. The molecule has 3 atom stereocenters. The third-order valence-corrected chi connectivity index (χ3v) is 3.27. The number of fused-ring (bicyclic) bond motifs is 2. The van der Waals surface area contributed by atoms with E-state index in [1.165, 1.54) is 12.8 Å². The van der Waals surface area contributed by atoms with Crippen molar-refractivity contribution in [1.82, 2.24) is 4.90 Å².